The van der Waals surface area contributed by atoms with E-state index in [1.54, 1.807) is 32.5 Å². The Balaban J connectivity index is 1.58. The molecule has 1 aromatic heterocycles. The van der Waals surface area contributed by atoms with Crippen molar-refractivity contribution in [2.75, 3.05) is 14.2 Å². The van der Waals surface area contributed by atoms with Crippen molar-refractivity contribution in [3.63, 3.8) is 0 Å². The van der Waals surface area contributed by atoms with Gasteiger partial charge < -0.3 is 19.3 Å². The average Bonchev–Trinajstić information content (AvgIpc) is 3.28. The van der Waals surface area contributed by atoms with Crippen LogP contribution in [0.4, 0.5) is 0 Å². The van der Waals surface area contributed by atoms with Gasteiger partial charge in [0.2, 0.25) is 0 Å². The van der Waals surface area contributed by atoms with Crippen LogP contribution in [-0.4, -0.2) is 29.5 Å². The Kier molecular flexibility index (Phi) is 6.00. The maximum Gasteiger partial charge on any atom is 0.161 e. The zero-order valence-electron chi connectivity index (χ0n) is 17.1. The predicted octanol–water partition coefficient (Wildman–Crippen LogP) is 5.70. The molecule has 4 rings (SSSR count). The minimum atomic E-state index is 0.0829. The van der Waals surface area contributed by atoms with Crippen molar-refractivity contribution in [3.05, 3.63) is 77.4 Å². The van der Waals surface area contributed by atoms with Gasteiger partial charge in [-0.05, 0) is 47.5 Å². The average molecular weight is 437 g/mol. The molecule has 0 aliphatic heterocycles. The molecule has 158 valence electrons. The number of hydrogen-bond acceptors (Lipinski definition) is 5. The van der Waals surface area contributed by atoms with Crippen molar-refractivity contribution in [2.45, 2.75) is 6.61 Å². The number of phenols is 1. The molecule has 2 N–H and O–H groups in total. The van der Waals surface area contributed by atoms with Gasteiger partial charge in [0.1, 0.15) is 18.1 Å². The lowest BCUT2D eigenvalue weighted by molar-refractivity contribution is 0.304. The minimum absolute atomic E-state index is 0.0829. The zero-order valence-corrected chi connectivity index (χ0v) is 17.8. The highest BCUT2D eigenvalue weighted by atomic mass is 35.5. The number of aromatic amines is 1. The van der Waals surface area contributed by atoms with Gasteiger partial charge in [0, 0.05) is 22.2 Å². The molecule has 0 saturated carbocycles. The Hall–Kier alpha value is -3.64. The van der Waals surface area contributed by atoms with E-state index in [0.717, 1.165) is 16.7 Å². The summed E-state index contributed by atoms with van der Waals surface area (Å²) in [6, 6.07) is 18.2. The molecule has 1 heterocycles. The smallest absolute Gasteiger partial charge is 0.161 e. The van der Waals surface area contributed by atoms with E-state index in [9.17, 15) is 5.11 Å². The van der Waals surface area contributed by atoms with Gasteiger partial charge in [-0.1, -0.05) is 29.8 Å². The topological polar surface area (TPSA) is 76.6 Å². The summed E-state index contributed by atoms with van der Waals surface area (Å²) < 4.78 is 16.5. The third kappa shape index (κ3) is 4.44. The number of halogens is 1. The summed E-state index contributed by atoms with van der Waals surface area (Å²) >= 11 is 5.91. The van der Waals surface area contributed by atoms with Crippen molar-refractivity contribution in [3.8, 4) is 45.4 Å². The van der Waals surface area contributed by atoms with Crippen LogP contribution >= 0.6 is 11.6 Å². The molecule has 0 saturated heterocycles. The van der Waals surface area contributed by atoms with E-state index in [-0.39, 0.29) is 5.75 Å². The van der Waals surface area contributed by atoms with Gasteiger partial charge in [-0.15, -0.1) is 0 Å². The second kappa shape index (κ2) is 9.02. The van der Waals surface area contributed by atoms with Crippen LogP contribution in [0.3, 0.4) is 0 Å². The van der Waals surface area contributed by atoms with E-state index in [1.807, 2.05) is 48.5 Å². The largest absolute Gasteiger partial charge is 0.507 e. The van der Waals surface area contributed by atoms with E-state index in [1.165, 1.54) is 0 Å². The van der Waals surface area contributed by atoms with Gasteiger partial charge in [0.25, 0.3) is 0 Å². The molecular weight excluding hydrogens is 416 g/mol. The normalized spacial score (nSPS) is 10.7. The van der Waals surface area contributed by atoms with E-state index in [2.05, 4.69) is 10.2 Å². The SMILES string of the molecule is COc1ccc(-c2cn[nH]c2-c2ccc(OCc3ccc(Cl)cc3)cc2O)cc1OC. The van der Waals surface area contributed by atoms with Crippen LogP contribution in [0.5, 0.6) is 23.0 Å². The number of ether oxygens (including phenoxy) is 3. The highest BCUT2D eigenvalue weighted by molar-refractivity contribution is 6.30. The molecule has 0 aliphatic rings. The van der Waals surface area contributed by atoms with Gasteiger partial charge >= 0.3 is 0 Å². The second-order valence-corrected chi connectivity index (χ2v) is 7.26. The fourth-order valence-corrected chi connectivity index (χ4v) is 3.40. The van der Waals surface area contributed by atoms with E-state index in [4.69, 9.17) is 25.8 Å². The van der Waals surface area contributed by atoms with Crippen LogP contribution in [0.15, 0.2) is 66.9 Å². The molecule has 31 heavy (non-hydrogen) atoms. The predicted molar refractivity (Wildman–Crippen MR) is 120 cm³/mol. The molecular formula is C24H21ClN2O4. The number of aromatic hydroxyl groups is 1. The number of phenolic OH excluding ortho intramolecular Hbond substituents is 1. The van der Waals surface area contributed by atoms with Crippen molar-refractivity contribution in [2.24, 2.45) is 0 Å². The molecule has 0 radical (unpaired) electrons. The van der Waals surface area contributed by atoms with Crippen LogP contribution < -0.4 is 14.2 Å². The first kappa shape index (κ1) is 20.6. The minimum Gasteiger partial charge on any atom is -0.507 e. The standard InChI is InChI=1S/C24H21ClN2O4/c1-29-22-10-5-16(11-23(22)30-2)20-13-26-27-24(20)19-9-8-18(12-21(19)28)31-14-15-3-6-17(25)7-4-15/h3-13,28H,14H2,1-2H3,(H,26,27). The fraction of sp³-hybridized carbons (Fsp3) is 0.125. The van der Waals surface area contributed by atoms with Crippen LogP contribution in [0.25, 0.3) is 22.4 Å². The van der Waals surface area contributed by atoms with E-state index in [0.29, 0.717) is 40.1 Å². The van der Waals surface area contributed by atoms with Gasteiger partial charge in [0.05, 0.1) is 26.1 Å². The molecule has 0 bridgehead atoms. The molecule has 6 nitrogen and oxygen atoms in total. The zero-order chi connectivity index (χ0) is 21.8. The molecule has 0 fully saturated rings. The van der Waals surface area contributed by atoms with Crippen molar-refractivity contribution in [1.29, 1.82) is 0 Å². The maximum atomic E-state index is 10.7. The summed E-state index contributed by atoms with van der Waals surface area (Å²) in [6.45, 7) is 0.372. The first-order valence-corrected chi connectivity index (χ1v) is 9.93. The van der Waals surface area contributed by atoms with Crippen LogP contribution in [0.2, 0.25) is 5.02 Å². The summed E-state index contributed by atoms with van der Waals surface area (Å²) in [5, 5.41) is 18.5. The number of nitrogens with zero attached hydrogens (tertiary/aromatic N) is 1. The Morgan fingerprint density at radius 2 is 1.68 bits per heavy atom. The summed E-state index contributed by atoms with van der Waals surface area (Å²) in [5.74, 6) is 1.90. The Bertz CT molecular complexity index is 1190. The van der Waals surface area contributed by atoms with Crippen molar-refractivity contribution < 1.29 is 19.3 Å². The van der Waals surface area contributed by atoms with Crippen LogP contribution in [0.1, 0.15) is 5.56 Å². The summed E-state index contributed by atoms with van der Waals surface area (Å²) in [5.41, 5.74) is 3.99. The lowest BCUT2D eigenvalue weighted by atomic mass is 10.0. The van der Waals surface area contributed by atoms with Crippen LogP contribution in [0, 0.1) is 0 Å². The fourth-order valence-electron chi connectivity index (χ4n) is 3.27. The van der Waals surface area contributed by atoms with Gasteiger partial charge in [-0.25, -0.2) is 0 Å². The quantitative estimate of drug-likeness (QED) is 0.388. The summed E-state index contributed by atoms with van der Waals surface area (Å²) in [4.78, 5) is 0. The van der Waals surface area contributed by atoms with Gasteiger partial charge in [-0.2, -0.15) is 5.10 Å². The van der Waals surface area contributed by atoms with E-state index >= 15 is 0 Å². The number of H-pyrrole nitrogens is 1. The Morgan fingerprint density at radius 3 is 2.39 bits per heavy atom. The first-order valence-electron chi connectivity index (χ1n) is 9.55. The molecule has 0 unspecified atom stereocenters. The number of methoxy groups -OCH3 is 2. The summed E-state index contributed by atoms with van der Waals surface area (Å²) in [7, 11) is 3.18. The third-order valence-electron chi connectivity index (χ3n) is 4.89. The number of hydrogen-bond donors (Lipinski definition) is 2. The highest BCUT2D eigenvalue weighted by Gasteiger charge is 2.16. The van der Waals surface area contributed by atoms with Crippen molar-refractivity contribution in [1.82, 2.24) is 10.2 Å². The second-order valence-electron chi connectivity index (χ2n) is 6.82. The van der Waals surface area contributed by atoms with Crippen LogP contribution in [-0.2, 0) is 6.61 Å². The van der Waals surface area contributed by atoms with Crippen molar-refractivity contribution >= 4 is 11.6 Å². The molecule has 0 atom stereocenters. The number of benzene rings is 3. The molecule has 3 aromatic carbocycles. The third-order valence-corrected chi connectivity index (χ3v) is 5.14. The molecule has 0 spiro atoms. The molecule has 0 aliphatic carbocycles. The number of aromatic nitrogens is 2. The number of nitrogens with one attached hydrogen (secondary N) is 1. The first-order chi connectivity index (χ1) is 15.1. The Labute approximate surface area is 185 Å². The van der Waals surface area contributed by atoms with Gasteiger partial charge in [-0.3, -0.25) is 5.10 Å². The molecule has 0 amide bonds. The van der Waals surface area contributed by atoms with Gasteiger partial charge in [0.15, 0.2) is 11.5 Å². The molecule has 7 heteroatoms. The maximum absolute atomic E-state index is 10.7. The van der Waals surface area contributed by atoms with E-state index < -0.39 is 0 Å². The Morgan fingerprint density at radius 1 is 0.903 bits per heavy atom. The lowest BCUT2D eigenvalue weighted by Crippen LogP contribution is -1.95. The highest BCUT2D eigenvalue weighted by Crippen LogP contribution is 2.39. The monoisotopic (exact) mass is 436 g/mol. The summed E-state index contributed by atoms with van der Waals surface area (Å²) in [6.07, 6.45) is 1.71. The lowest BCUT2D eigenvalue weighted by Gasteiger charge is -2.12. The molecule has 4 aromatic rings. The number of rotatable bonds is 7.